The Morgan fingerprint density at radius 3 is 2.63 bits per heavy atom. The number of nitrogens with one attached hydrogen (secondary N) is 1. The number of carbonyl (C=O) groups is 2. The van der Waals surface area contributed by atoms with Gasteiger partial charge in [0.1, 0.15) is 6.54 Å². The molecule has 2 aliphatic rings. The Balaban J connectivity index is 1.99. The zero-order valence-electron chi connectivity index (χ0n) is 12.2. The Morgan fingerprint density at radius 1 is 1.42 bits per heavy atom. The number of guanidine groups is 1. The van der Waals surface area contributed by atoms with Gasteiger partial charge in [0, 0.05) is 13.0 Å². The van der Waals surface area contributed by atoms with Crippen LogP contribution in [0.4, 0.5) is 0 Å². The van der Waals surface area contributed by atoms with Crippen LogP contribution in [-0.4, -0.2) is 36.3 Å². The van der Waals surface area contributed by atoms with E-state index in [-0.39, 0.29) is 29.7 Å². The number of nitrogens with zero attached hydrogens (tertiary/aromatic N) is 2. The van der Waals surface area contributed by atoms with E-state index in [0.29, 0.717) is 11.9 Å². The van der Waals surface area contributed by atoms with Crippen LogP contribution in [0.5, 0.6) is 0 Å². The predicted octanol–water partition coefficient (Wildman–Crippen LogP) is 1.39. The van der Waals surface area contributed by atoms with E-state index in [1.807, 2.05) is 0 Å². The average Bonchev–Trinajstić information content (AvgIpc) is 2.58. The van der Waals surface area contributed by atoms with Crippen molar-refractivity contribution in [3.63, 3.8) is 0 Å². The van der Waals surface area contributed by atoms with Crippen LogP contribution in [0.2, 0.25) is 0 Å². The van der Waals surface area contributed by atoms with Crippen molar-refractivity contribution in [1.82, 2.24) is 10.2 Å². The molecule has 2 atom stereocenters. The molecule has 1 heterocycles. The molecule has 2 rings (SSSR count). The summed E-state index contributed by atoms with van der Waals surface area (Å²) >= 11 is 0. The third-order valence-electron chi connectivity index (χ3n) is 4.05. The van der Waals surface area contributed by atoms with Crippen LogP contribution in [-0.2, 0) is 9.59 Å². The van der Waals surface area contributed by atoms with E-state index in [2.05, 4.69) is 31.1 Å². The van der Waals surface area contributed by atoms with Crippen molar-refractivity contribution in [3.05, 3.63) is 0 Å². The van der Waals surface area contributed by atoms with Crippen molar-refractivity contribution < 1.29 is 9.59 Å². The first-order chi connectivity index (χ1) is 8.78. The second-order valence-electron chi connectivity index (χ2n) is 6.69. The molecule has 0 spiro atoms. The highest BCUT2D eigenvalue weighted by molar-refractivity contribution is 6.08. The lowest BCUT2D eigenvalue weighted by Gasteiger charge is -2.38. The quantitative estimate of drug-likeness (QED) is 0.779. The number of amides is 2. The minimum absolute atomic E-state index is 0.0000694. The zero-order chi connectivity index (χ0) is 14.2. The molecule has 0 aromatic heterocycles. The van der Waals surface area contributed by atoms with E-state index < -0.39 is 0 Å². The highest BCUT2D eigenvalue weighted by atomic mass is 16.2. The smallest absolute Gasteiger partial charge is 0.250 e. The standard InChI is InChI=1S/C14H23N3O2/c1-9-5-10(7-14(2,3)6-9)12(19)16-13-15-8-11(18)17(13)4/h9-10H,5-8H2,1-4H3,(H,15,16,19). The third-order valence-corrected chi connectivity index (χ3v) is 4.05. The fourth-order valence-corrected chi connectivity index (χ4v) is 3.35. The van der Waals surface area contributed by atoms with E-state index in [1.165, 1.54) is 4.90 Å². The predicted molar refractivity (Wildman–Crippen MR) is 73.5 cm³/mol. The molecule has 0 bridgehead atoms. The van der Waals surface area contributed by atoms with Crippen LogP contribution < -0.4 is 5.32 Å². The second-order valence-corrected chi connectivity index (χ2v) is 6.69. The Labute approximate surface area is 114 Å². The molecular formula is C14H23N3O2. The maximum Gasteiger partial charge on any atom is 0.250 e. The van der Waals surface area contributed by atoms with Gasteiger partial charge in [-0.2, -0.15) is 0 Å². The summed E-state index contributed by atoms with van der Waals surface area (Å²) in [5.41, 5.74) is 0.207. The molecule has 5 heteroatoms. The summed E-state index contributed by atoms with van der Waals surface area (Å²) in [7, 11) is 1.64. The van der Waals surface area contributed by atoms with E-state index in [1.54, 1.807) is 7.05 Å². The molecule has 2 amide bonds. The monoisotopic (exact) mass is 265 g/mol. The van der Waals surface area contributed by atoms with Crippen LogP contribution in [0.15, 0.2) is 4.99 Å². The number of carbonyl (C=O) groups excluding carboxylic acids is 2. The Bertz CT molecular complexity index is 428. The molecule has 1 fully saturated rings. The van der Waals surface area contributed by atoms with Crippen LogP contribution in [0.25, 0.3) is 0 Å². The Kier molecular flexibility index (Phi) is 3.65. The minimum Gasteiger partial charge on any atom is -0.296 e. The van der Waals surface area contributed by atoms with E-state index in [4.69, 9.17) is 0 Å². The molecule has 1 saturated carbocycles. The van der Waals surface area contributed by atoms with Crippen molar-refractivity contribution in [2.24, 2.45) is 22.2 Å². The maximum absolute atomic E-state index is 12.3. The average molecular weight is 265 g/mol. The van der Waals surface area contributed by atoms with E-state index in [0.717, 1.165) is 19.3 Å². The molecule has 106 valence electrons. The van der Waals surface area contributed by atoms with Gasteiger partial charge in [-0.1, -0.05) is 20.8 Å². The summed E-state index contributed by atoms with van der Waals surface area (Å²) in [6.45, 7) is 6.76. The molecular weight excluding hydrogens is 242 g/mol. The second kappa shape index (κ2) is 4.94. The number of likely N-dealkylation sites (N-methyl/N-ethyl adjacent to an activating group) is 1. The highest BCUT2D eigenvalue weighted by Crippen LogP contribution is 2.41. The Hall–Kier alpha value is -1.39. The number of hydrogen-bond acceptors (Lipinski definition) is 3. The molecule has 19 heavy (non-hydrogen) atoms. The summed E-state index contributed by atoms with van der Waals surface area (Å²) in [5, 5.41) is 2.80. The van der Waals surface area contributed by atoms with Gasteiger partial charge in [-0.05, 0) is 30.6 Å². The molecule has 0 aromatic carbocycles. The SMILES string of the molecule is CC1CC(C(=O)NC2=NCC(=O)N2C)CC(C)(C)C1. The number of rotatable bonds is 1. The van der Waals surface area contributed by atoms with Crippen molar-refractivity contribution in [2.45, 2.75) is 40.0 Å². The van der Waals surface area contributed by atoms with Crippen molar-refractivity contribution in [1.29, 1.82) is 0 Å². The fourth-order valence-electron chi connectivity index (χ4n) is 3.35. The lowest BCUT2D eigenvalue weighted by Crippen LogP contribution is -2.46. The van der Waals surface area contributed by atoms with E-state index in [9.17, 15) is 9.59 Å². The van der Waals surface area contributed by atoms with Gasteiger partial charge in [-0.15, -0.1) is 0 Å². The number of aliphatic imine (C=N–C) groups is 1. The normalized spacial score (nSPS) is 30.2. The lowest BCUT2D eigenvalue weighted by atomic mass is 9.68. The molecule has 2 unspecified atom stereocenters. The first-order valence-electron chi connectivity index (χ1n) is 6.90. The number of hydrogen-bond donors (Lipinski definition) is 1. The molecule has 1 aliphatic carbocycles. The molecule has 0 radical (unpaired) electrons. The Morgan fingerprint density at radius 2 is 2.11 bits per heavy atom. The van der Waals surface area contributed by atoms with Gasteiger partial charge in [0.2, 0.25) is 11.9 Å². The fraction of sp³-hybridized carbons (Fsp3) is 0.786. The summed E-state index contributed by atoms with van der Waals surface area (Å²) in [5.74, 6) is 0.897. The van der Waals surface area contributed by atoms with Crippen molar-refractivity contribution >= 4 is 17.8 Å². The molecule has 0 saturated heterocycles. The third kappa shape index (κ3) is 3.14. The molecule has 1 N–H and O–H groups in total. The highest BCUT2D eigenvalue weighted by Gasteiger charge is 2.36. The van der Waals surface area contributed by atoms with Crippen molar-refractivity contribution in [2.75, 3.05) is 13.6 Å². The first-order valence-corrected chi connectivity index (χ1v) is 6.90. The van der Waals surface area contributed by atoms with Crippen LogP contribution in [0.3, 0.4) is 0 Å². The summed E-state index contributed by atoms with van der Waals surface area (Å²) < 4.78 is 0. The van der Waals surface area contributed by atoms with Crippen LogP contribution in [0, 0.1) is 17.3 Å². The lowest BCUT2D eigenvalue weighted by molar-refractivity contribution is -0.126. The topological polar surface area (TPSA) is 61.8 Å². The van der Waals surface area contributed by atoms with Crippen molar-refractivity contribution in [3.8, 4) is 0 Å². The van der Waals surface area contributed by atoms with Gasteiger partial charge in [-0.25, -0.2) is 4.99 Å². The van der Waals surface area contributed by atoms with Gasteiger partial charge in [-0.3, -0.25) is 19.8 Å². The van der Waals surface area contributed by atoms with Gasteiger partial charge < -0.3 is 0 Å². The first kappa shape index (κ1) is 14.0. The van der Waals surface area contributed by atoms with Gasteiger partial charge in [0.05, 0.1) is 0 Å². The van der Waals surface area contributed by atoms with Crippen LogP contribution in [0.1, 0.15) is 40.0 Å². The van der Waals surface area contributed by atoms with Crippen LogP contribution >= 0.6 is 0 Å². The van der Waals surface area contributed by atoms with E-state index >= 15 is 0 Å². The van der Waals surface area contributed by atoms with Gasteiger partial charge in [0.15, 0.2) is 0 Å². The molecule has 5 nitrogen and oxygen atoms in total. The largest absolute Gasteiger partial charge is 0.296 e. The van der Waals surface area contributed by atoms with Gasteiger partial charge >= 0.3 is 0 Å². The zero-order valence-corrected chi connectivity index (χ0v) is 12.2. The summed E-state index contributed by atoms with van der Waals surface area (Å²) in [6.07, 6.45) is 2.98. The van der Waals surface area contributed by atoms with Gasteiger partial charge in [0.25, 0.3) is 5.91 Å². The minimum atomic E-state index is -0.0763. The molecule has 1 aliphatic heterocycles. The summed E-state index contributed by atoms with van der Waals surface area (Å²) in [6, 6.07) is 0. The maximum atomic E-state index is 12.3. The molecule has 0 aromatic rings. The summed E-state index contributed by atoms with van der Waals surface area (Å²) in [4.78, 5) is 29.1.